The number of rotatable bonds is 1. The highest BCUT2D eigenvalue weighted by atomic mass is 16.7. The third-order valence-electron chi connectivity index (χ3n) is 5.42. The minimum Gasteiger partial charge on any atom is -0.454 e. The highest BCUT2D eigenvalue weighted by molar-refractivity contribution is 6.07. The van der Waals surface area contributed by atoms with Crippen LogP contribution in [0.15, 0.2) is 18.2 Å². The SMILES string of the molecule is CN1C(=O)N(C)C2(CCN(C(=O)c3ccc4c(c3)OCO4)CC2)C1=O. The maximum atomic E-state index is 12.7. The van der Waals surface area contributed by atoms with Crippen LogP contribution >= 0.6 is 0 Å². The Morgan fingerprint density at radius 1 is 1.08 bits per heavy atom. The summed E-state index contributed by atoms with van der Waals surface area (Å²) >= 11 is 0. The maximum absolute atomic E-state index is 12.7. The van der Waals surface area contributed by atoms with Crippen molar-refractivity contribution < 1.29 is 23.9 Å². The van der Waals surface area contributed by atoms with E-state index in [4.69, 9.17) is 9.47 Å². The Morgan fingerprint density at radius 2 is 1.76 bits per heavy atom. The van der Waals surface area contributed by atoms with E-state index in [1.807, 2.05) is 0 Å². The van der Waals surface area contributed by atoms with Crippen molar-refractivity contribution in [2.45, 2.75) is 18.4 Å². The molecule has 0 N–H and O–H groups in total. The first kappa shape index (κ1) is 15.7. The summed E-state index contributed by atoms with van der Waals surface area (Å²) in [5.74, 6) is 0.905. The van der Waals surface area contributed by atoms with E-state index in [9.17, 15) is 14.4 Å². The molecule has 0 saturated carbocycles. The summed E-state index contributed by atoms with van der Waals surface area (Å²) in [6, 6.07) is 4.83. The number of carbonyl (C=O) groups is 3. The molecule has 8 heteroatoms. The minimum absolute atomic E-state index is 0.110. The Morgan fingerprint density at radius 3 is 2.40 bits per heavy atom. The molecule has 3 heterocycles. The van der Waals surface area contributed by atoms with Crippen LogP contribution in [0.4, 0.5) is 4.79 Å². The third kappa shape index (κ3) is 2.16. The smallest absolute Gasteiger partial charge is 0.327 e. The molecule has 1 aromatic carbocycles. The number of likely N-dealkylation sites (tertiary alicyclic amines) is 1. The lowest BCUT2D eigenvalue weighted by atomic mass is 9.86. The van der Waals surface area contributed by atoms with Crippen LogP contribution in [0.25, 0.3) is 0 Å². The van der Waals surface area contributed by atoms with Crippen molar-refractivity contribution in [1.82, 2.24) is 14.7 Å². The number of hydrogen-bond acceptors (Lipinski definition) is 5. The van der Waals surface area contributed by atoms with Crippen LogP contribution in [0.3, 0.4) is 0 Å². The Balaban J connectivity index is 1.50. The van der Waals surface area contributed by atoms with E-state index in [0.717, 1.165) is 4.90 Å². The quantitative estimate of drug-likeness (QED) is 0.707. The molecule has 0 atom stereocenters. The number of ether oxygens (including phenoxy) is 2. The molecular formula is C17H19N3O5. The lowest BCUT2D eigenvalue weighted by molar-refractivity contribution is -0.134. The van der Waals surface area contributed by atoms with Crippen LogP contribution in [-0.4, -0.2) is 72.1 Å². The minimum atomic E-state index is -0.822. The third-order valence-corrected chi connectivity index (χ3v) is 5.42. The lowest BCUT2D eigenvalue weighted by Gasteiger charge is -2.40. The summed E-state index contributed by atoms with van der Waals surface area (Å²) in [6.07, 6.45) is 0.878. The molecule has 0 bridgehead atoms. The summed E-state index contributed by atoms with van der Waals surface area (Å²) in [7, 11) is 3.15. The molecule has 2 saturated heterocycles. The average Bonchev–Trinajstić information content (AvgIpc) is 3.17. The molecule has 8 nitrogen and oxygen atoms in total. The van der Waals surface area contributed by atoms with Gasteiger partial charge in [-0.1, -0.05) is 0 Å². The number of carbonyl (C=O) groups excluding carboxylic acids is 3. The molecule has 0 aliphatic carbocycles. The number of piperidine rings is 1. The number of imide groups is 1. The fourth-order valence-corrected chi connectivity index (χ4v) is 3.79. The van der Waals surface area contributed by atoms with Gasteiger partial charge in [0.1, 0.15) is 5.54 Å². The number of amides is 4. The van der Waals surface area contributed by atoms with Crippen molar-refractivity contribution in [3.05, 3.63) is 23.8 Å². The zero-order valence-corrected chi connectivity index (χ0v) is 14.2. The Kier molecular flexibility index (Phi) is 3.38. The van der Waals surface area contributed by atoms with Crippen LogP contribution < -0.4 is 9.47 Å². The van der Waals surface area contributed by atoms with Crippen molar-refractivity contribution >= 4 is 17.8 Å². The Labute approximate surface area is 144 Å². The van der Waals surface area contributed by atoms with Crippen LogP contribution in [0.2, 0.25) is 0 Å². The molecule has 25 heavy (non-hydrogen) atoms. The number of fused-ring (bicyclic) bond motifs is 1. The number of likely N-dealkylation sites (N-methyl/N-ethyl adjacent to an activating group) is 2. The molecule has 4 rings (SSSR count). The van der Waals surface area contributed by atoms with E-state index in [2.05, 4.69) is 0 Å². The van der Waals surface area contributed by atoms with Crippen molar-refractivity contribution in [3.8, 4) is 11.5 Å². The van der Waals surface area contributed by atoms with Gasteiger partial charge in [-0.3, -0.25) is 14.5 Å². The van der Waals surface area contributed by atoms with Crippen molar-refractivity contribution in [1.29, 1.82) is 0 Å². The van der Waals surface area contributed by atoms with Crippen LogP contribution in [0, 0.1) is 0 Å². The van der Waals surface area contributed by atoms with E-state index < -0.39 is 5.54 Å². The number of nitrogens with zero attached hydrogens (tertiary/aromatic N) is 3. The molecule has 0 radical (unpaired) electrons. The van der Waals surface area contributed by atoms with Gasteiger partial charge in [0.05, 0.1) is 0 Å². The van der Waals surface area contributed by atoms with Gasteiger partial charge < -0.3 is 19.3 Å². The lowest BCUT2D eigenvalue weighted by Crippen LogP contribution is -2.56. The number of hydrogen-bond donors (Lipinski definition) is 0. The second-order valence-corrected chi connectivity index (χ2v) is 6.60. The molecule has 0 unspecified atom stereocenters. The molecule has 1 spiro atoms. The average molecular weight is 345 g/mol. The molecule has 2 fully saturated rings. The summed E-state index contributed by atoms with van der Waals surface area (Å²) in [6.45, 7) is 1.00. The van der Waals surface area contributed by atoms with Gasteiger partial charge in [0.2, 0.25) is 6.79 Å². The molecule has 3 aliphatic heterocycles. The van der Waals surface area contributed by atoms with Crippen molar-refractivity contribution in [2.75, 3.05) is 34.0 Å². The summed E-state index contributed by atoms with van der Waals surface area (Å²) < 4.78 is 10.6. The van der Waals surface area contributed by atoms with Crippen LogP contribution in [0.1, 0.15) is 23.2 Å². The number of urea groups is 1. The normalized spacial score (nSPS) is 21.4. The summed E-state index contributed by atoms with van der Waals surface area (Å²) in [5, 5.41) is 0. The van der Waals surface area contributed by atoms with E-state index in [1.165, 1.54) is 11.9 Å². The van der Waals surface area contributed by atoms with Gasteiger partial charge in [0.15, 0.2) is 11.5 Å². The van der Waals surface area contributed by atoms with Gasteiger partial charge in [-0.15, -0.1) is 0 Å². The summed E-state index contributed by atoms with van der Waals surface area (Å²) in [5.41, 5.74) is -0.295. The first-order chi connectivity index (χ1) is 11.9. The van der Waals surface area contributed by atoms with Gasteiger partial charge in [-0.05, 0) is 31.0 Å². The van der Waals surface area contributed by atoms with Crippen LogP contribution in [-0.2, 0) is 4.79 Å². The fraction of sp³-hybridized carbons (Fsp3) is 0.471. The van der Waals surface area contributed by atoms with E-state index in [1.54, 1.807) is 30.1 Å². The molecular weight excluding hydrogens is 326 g/mol. The topological polar surface area (TPSA) is 79.4 Å². The van der Waals surface area contributed by atoms with Gasteiger partial charge in [0.25, 0.3) is 11.8 Å². The Bertz CT molecular complexity index is 770. The predicted molar refractivity (Wildman–Crippen MR) is 86.4 cm³/mol. The fourth-order valence-electron chi connectivity index (χ4n) is 3.79. The second kappa shape index (κ2) is 5.37. The van der Waals surface area contributed by atoms with E-state index >= 15 is 0 Å². The van der Waals surface area contributed by atoms with Crippen molar-refractivity contribution in [3.63, 3.8) is 0 Å². The predicted octanol–water partition coefficient (Wildman–Crippen LogP) is 0.914. The molecule has 0 aromatic heterocycles. The molecule has 132 valence electrons. The zero-order chi connectivity index (χ0) is 17.8. The van der Waals surface area contributed by atoms with Crippen molar-refractivity contribution in [2.24, 2.45) is 0 Å². The highest BCUT2D eigenvalue weighted by Gasteiger charge is 2.55. The molecule has 4 amide bonds. The first-order valence-electron chi connectivity index (χ1n) is 8.19. The Hall–Kier alpha value is -2.77. The van der Waals surface area contributed by atoms with Gasteiger partial charge in [-0.2, -0.15) is 0 Å². The van der Waals surface area contributed by atoms with Gasteiger partial charge >= 0.3 is 6.03 Å². The van der Waals surface area contributed by atoms with Crippen LogP contribution in [0.5, 0.6) is 11.5 Å². The van der Waals surface area contributed by atoms with Gasteiger partial charge in [-0.25, -0.2) is 4.79 Å². The monoisotopic (exact) mass is 345 g/mol. The maximum Gasteiger partial charge on any atom is 0.327 e. The molecule has 3 aliphatic rings. The standard InChI is InChI=1S/C17H19N3O5/c1-18-15(22)17(19(2)16(18)23)5-7-20(8-6-17)14(21)11-3-4-12-13(9-11)25-10-24-12/h3-4,9H,5-8,10H2,1-2H3. The van der Waals surface area contributed by atoms with E-state index in [-0.39, 0.29) is 24.6 Å². The zero-order valence-electron chi connectivity index (χ0n) is 14.2. The highest BCUT2D eigenvalue weighted by Crippen LogP contribution is 2.37. The largest absolute Gasteiger partial charge is 0.454 e. The second-order valence-electron chi connectivity index (χ2n) is 6.60. The first-order valence-corrected chi connectivity index (χ1v) is 8.19. The van der Waals surface area contributed by atoms with E-state index in [0.29, 0.717) is 43.0 Å². The molecule has 1 aromatic rings. The summed E-state index contributed by atoms with van der Waals surface area (Å²) in [4.78, 5) is 41.7. The van der Waals surface area contributed by atoms with Gasteiger partial charge in [0, 0.05) is 32.7 Å². The number of benzene rings is 1.